The summed E-state index contributed by atoms with van der Waals surface area (Å²) in [7, 11) is 1.67. The maximum atomic E-state index is 12.9. The molecule has 1 saturated heterocycles. The van der Waals surface area contributed by atoms with E-state index < -0.39 is 0 Å². The molecule has 0 spiro atoms. The Morgan fingerprint density at radius 3 is 3.04 bits per heavy atom. The first-order valence-corrected chi connectivity index (χ1v) is 9.99. The molecule has 2 aromatic rings. The number of hydrogen-bond donors (Lipinski definition) is 0. The van der Waals surface area contributed by atoms with Gasteiger partial charge >= 0.3 is 0 Å². The molecule has 0 bridgehead atoms. The van der Waals surface area contributed by atoms with Gasteiger partial charge in [0.1, 0.15) is 16.0 Å². The van der Waals surface area contributed by atoms with Crippen LogP contribution in [0.3, 0.4) is 0 Å². The molecule has 6 nitrogen and oxygen atoms in total. The van der Waals surface area contributed by atoms with E-state index >= 15 is 0 Å². The second-order valence-corrected chi connectivity index (χ2v) is 7.66. The maximum Gasteiger partial charge on any atom is 0.272 e. The lowest BCUT2D eigenvalue weighted by atomic mass is 9.96. The molecule has 2 unspecified atom stereocenters. The first-order valence-electron chi connectivity index (χ1n) is 9.22. The third kappa shape index (κ3) is 3.10. The Bertz CT molecular complexity index is 914. The van der Waals surface area contributed by atoms with Crippen molar-refractivity contribution < 1.29 is 4.74 Å². The van der Waals surface area contributed by atoms with Crippen molar-refractivity contribution in [1.82, 2.24) is 18.8 Å². The summed E-state index contributed by atoms with van der Waals surface area (Å²) >= 11 is 1.27. The Labute approximate surface area is 157 Å². The van der Waals surface area contributed by atoms with Crippen LogP contribution >= 0.6 is 11.5 Å². The predicted molar refractivity (Wildman–Crippen MR) is 104 cm³/mol. The predicted octanol–water partition coefficient (Wildman–Crippen LogP) is 2.91. The van der Waals surface area contributed by atoms with E-state index in [2.05, 4.69) is 33.3 Å². The van der Waals surface area contributed by atoms with Gasteiger partial charge in [-0.05, 0) is 56.0 Å². The lowest BCUT2D eigenvalue weighted by Crippen LogP contribution is -2.35. The molecule has 138 valence electrons. The van der Waals surface area contributed by atoms with E-state index in [0.717, 1.165) is 42.9 Å². The van der Waals surface area contributed by atoms with Crippen molar-refractivity contribution >= 4 is 21.7 Å². The number of methoxy groups -OCH3 is 1. The Hall–Kier alpha value is -1.99. The number of nitrogens with zero attached hydrogens (tertiary/aromatic N) is 4. The van der Waals surface area contributed by atoms with Crippen molar-refractivity contribution in [3.8, 4) is 0 Å². The molecule has 0 aromatic carbocycles. The number of likely N-dealkylation sites (tertiary alicyclic amines) is 1. The molecule has 2 aromatic heterocycles. The van der Waals surface area contributed by atoms with Crippen LogP contribution in [-0.2, 0) is 11.3 Å². The summed E-state index contributed by atoms with van der Waals surface area (Å²) in [5.41, 5.74) is 1.68. The largest absolute Gasteiger partial charge is 0.497 e. The minimum atomic E-state index is 0.0367. The third-order valence-corrected chi connectivity index (χ3v) is 6.28. The molecule has 1 fully saturated rings. The summed E-state index contributed by atoms with van der Waals surface area (Å²) in [5, 5.41) is 0. The number of fused-ring (bicyclic) bond motifs is 1. The van der Waals surface area contributed by atoms with Crippen molar-refractivity contribution in [2.45, 2.75) is 44.7 Å². The molecule has 26 heavy (non-hydrogen) atoms. The zero-order chi connectivity index (χ0) is 18.1. The number of likely N-dealkylation sites (N-methyl/N-ethyl adjacent to an activating group) is 1. The van der Waals surface area contributed by atoms with Crippen LogP contribution in [0.1, 0.15) is 37.8 Å². The first kappa shape index (κ1) is 17.4. The van der Waals surface area contributed by atoms with Gasteiger partial charge in [-0.3, -0.25) is 14.3 Å². The molecule has 7 heteroatoms. The fraction of sp³-hybridized carbons (Fsp3) is 0.526. The Balaban J connectivity index is 1.61. The van der Waals surface area contributed by atoms with Gasteiger partial charge in [0.25, 0.3) is 5.56 Å². The minimum absolute atomic E-state index is 0.0367. The SMILES string of the molecule is CCN1CCCC1Cn1cnc2c(C3C=CC(OC)=CC3)nsc2c1=O. The number of rotatable bonds is 5. The molecule has 4 rings (SSSR count). The van der Waals surface area contributed by atoms with Crippen molar-refractivity contribution in [3.05, 3.63) is 46.4 Å². The van der Waals surface area contributed by atoms with E-state index in [0.29, 0.717) is 17.3 Å². The van der Waals surface area contributed by atoms with E-state index in [4.69, 9.17) is 4.74 Å². The number of allylic oxidation sites excluding steroid dienone is 3. The average molecular weight is 372 g/mol. The van der Waals surface area contributed by atoms with E-state index in [-0.39, 0.29) is 11.5 Å². The quantitative estimate of drug-likeness (QED) is 0.808. The molecule has 0 N–H and O–H groups in total. The van der Waals surface area contributed by atoms with Crippen LogP contribution in [0.2, 0.25) is 0 Å². The van der Waals surface area contributed by atoms with E-state index in [1.165, 1.54) is 18.0 Å². The van der Waals surface area contributed by atoms with Crippen LogP contribution in [0.25, 0.3) is 10.2 Å². The highest BCUT2D eigenvalue weighted by Gasteiger charge is 2.25. The molecule has 0 radical (unpaired) electrons. The highest BCUT2D eigenvalue weighted by Crippen LogP contribution is 2.31. The average Bonchev–Trinajstić information content (AvgIpc) is 3.31. The smallest absolute Gasteiger partial charge is 0.272 e. The van der Waals surface area contributed by atoms with Gasteiger partial charge in [-0.2, -0.15) is 4.37 Å². The zero-order valence-electron chi connectivity index (χ0n) is 15.2. The van der Waals surface area contributed by atoms with Crippen LogP contribution < -0.4 is 5.56 Å². The molecule has 2 aliphatic rings. The van der Waals surface area contributed by atoms with Crippen molar-refractivity contribution in [2.75, 3.05) is 20.2 Å². The summed E-state index contributed by atoms with van der Waals surface area (Å²) < 4.78 is 12.2. The van der Waals surface area contributed by atoms with Gasteiger partial charge in [0, 0.05) is 18.5 Å². The highest BCUT2D eigenvalue weighted by molar-refractivity contribution is 7.13. The monoisotopic (exact) mass is 372 g/mol. The van der Waals surface area contributed by atoms with Crippen molar-refractivity contribution in [1.29, 1.82) is 0 Å². The van der Waals surface area contributed by atoms with Crippen molar-refractivity contribution in [2.24, 2.45) is 0 Å². The summed E-state index contributed by atoms with van der Waals surface area (Å²) in [4.78, 5) is 20.0. The lowest BCUT2D eigenvalue weighted by molar-refractivity contribution is 0.242. The molecule has 2 atom stereocenters. The van der Waals surface area contributed by atoms with Crippen LogP contribution in [0.15, 0.2) is 35.1 Å². The molecule has 3 heterocycles. The van der Waals surface area contributed by atoms with Gasteiger partial charge in [-0.25, -0.2) is 4.98 Å². The fourth-order valence-corrected chi connectivity index (χ4v) is 4.80. The molecule has 0 amide bonds. The van der Waals surface area contributed by atoms with Crippen molar-refractivity contribution in [3.63, 3.8) is 0 Å². The third-order valence-electron chi connectivity index (χ3n) is 5.44. The van der Waals surface area contributed by atoms with E-state index in [1.54, 1.807) is 18.0 Å². The number of hydrogen-bond acceptors (Lipinski definition) is 6. The summed E-state index contributed by atoms with van der Waals surface area (Å²) in [6.07, 6.45) is 11.0. The standard InChI is InChI=1S/C19H24N4O2S/c1-3-22-10-4-5-14(22)11-23-12-20-17-16(21-26-18(17)19(23)24)13-6-8-15(25-2)9-7-13/h6,8-9,12-14H,3-5,7,10-11H2,1-2H3. The second kappa shape index (κ2) is 7.32. The van der Waals surface area contributed by atoms with E-state index in [9.17, 15) is 4.79 Å². The summed E-state index contributed by atoms with van der Waals surface area (Å²) in [6, 6.07) is 0.434. The van der Waals surface area contributed by atoms with Crippen LogP contribution in [-0.4, -0.2) is 45.1 Å². The maximum absolute atomic E-state index is 12.9. The van der Waals surface area contributed by atoms with Gasteiger partial charge < -0.3 is 4.74 Å². The van der Waals surface area contributed by atoms with Crippen LogP contribution in [0.4, 0.5) is 0 Å². The summed E-state index contributed by atoms with van der Waals surface area (Å²) in [5.74, 6) is 1.02. The first-order chi connectivity index (χ1) is 12.7. The molecule has 1 aliphatic heterocycles. The van der Waals surface area contributed by atoms with Gasteiger partial charge in [0.05, 0.1) is 19.1 Å². The number of aromatic nitrogens is 3. The minimum Gasteiger partial charge on any atom is -0.497 e. The van der Waals surface area contributed by atoms with E-state index in [1.807, 2.05) is 6.08 Å². The molecule has 1 aliphatic carbocycles. The zero-order valence-corrected chi connectivity index (χ0v) is 16.0. The number of ether oxygens (including phenoxy) is 1. The molecule has 0 saturated carbocycles. The summed E-state index contributed by atoms with van der Waals surface area (Å²) in [6.45, 7) is 5.05. The van der Waals surface area contributed by atoms with Gasteiger partial charge in [0.15, 0.2) is 0 Å². The second-order valence-electron chi connectivity index (χ2n) is 6.88. The topological polar surface area (TPSA) is 60.3 Å². The van der Waals surface area contributed by atoms with Gasteiger partial charge in [0.2, 0.25) is 0 Å². The molecular weight excluding hydrogens is 348 g/mol. The Morgan fingerprint density at radius 1 is 1.42 bits per heavy atom. The lowest BCUT2D eigenvalue weighted by Gasteiger charge is -2.23. The Morgan fingerprint density at radius 2 is 2.31 bits per heavy atom. The van der Waals surface area contributed by atoms with Crippen LogP contribution in [0, 0.1) is 0 Å². The molecular formula is C19H24N4O2S. The normalized spacial score (nSPS) is 23.5. The highest BCUT2D eigenvalue weighted by atomic mass is 32.1. The van der Waals surface area contributed by atoms with Gasteiger partial charge in [-0.1, -0.05) is 13.0 Å². The fourth-order valence-electron chi connectivity index (χ4n) is 3.95. The van der Waals surface area contributed by atoms with Crippen LogP contribution in [0.5, 0.6) is 0 Å². The Kier molecular flexibility index (Phi) is 4.91. The van der Waals surface area contributed by atoms with Gasteiger partial charge in [-0.15, -0.1) is 0 Å².